The molecular weight excluding hydrogens is 665 g/mol. The SMILES string of the molecule is CC1C=CC(C([NH-])/C=C\C=C\C2C=C3C(C4CC=C(C5=CC(c6ccccc6)CC(C6C=CC=CC6)C5)C=C4N3C3=CC=CCC3)C3C=CC=CC23)=CC1C. The molecule has 9 rings (SSSR count). The predicted octanol–water partition coefficient (Wildman–Crippen LogP) is 13.4. The number of hydrogen-bond donors (Lipinski definition) is 0. The average Bonchev–Trinajstić information content (AvgIpc) is 3.57. The van der Waals surface area contributed by atoms with Crippen molar-refractivity contribution in [3.8, 4) is 0 Å². The summed E-state index contributed by atoms with van der Waals surface area (Å²) >= 11 is 0. The minimum Gasteiger partial charge on any atom is -0.668 e. The number of nitrogens with zero attached hydrogens (tertiary/aromatic N) is 1. The number of rotatable bonds is 8. The number of benzene rings is 1. The van der Waals surface area contributed by atoms with Gasteiger partial charge in [-0.1, -0.05) is 177 Å². The third kappa shape index (κ3) is 7.27. The van der Waals surface area contributed by atoms with Crippen LogP contribution in [0.15, 0.2) is 198 Å². The zero-order chi connectivity index (χ0) is 37.3. The standard InChI is InChI=1S/C53H57N2/c1-36-26-27-42(30-37(36)2)50(54)25-15-12-20-41-35-52-53(48-24-14-13-23-47(41)48)49-29-28-40(34-51(49)55(52)46-21-10-5-11-22-46)45-32-43(38-16-6-3-7-17-38)31-44(33-45)39-18-8-4-9-19-39/h3-10,12-18,20-21,23-28,30,32,34-37,39,41,43-44,47-50,53-54H,11,19,22,29,31,33H2,1-2H3/q-1/b20-12+,25-15-. The molecule has 280 valence electrons. The average molecular weight is 722 g/mol. The van der Waals surface area contributed by atoms with Crippen molar-refractivity contribution in [2.75, 3.05) is 0 Å². The zero-order valence-corrected chi connectivity index (χ0v) is 32.6. The van der Waals surface area contributed by atoms with Gasteiger partial charge in [0.25, 0.3) is 0 Å². The summed E-state index contributed by atoms with van der Waals surface area (Å²) in [6, 6.07) is 10.9. The quantitative estimate of drug-likeness (QED) is 0.246. The molecule has 1 saturated heterocycles. The van der Waals surface area contributed by atoms with E-state index in [0.29, 0.717) is 59.2 Å². The Hall–Kier alpha value is -4.66. The molecule has 0 aromatic heterocycles. The maximum Gasteiger partial charge on any atom is 0.0273 e. The van der Waals surface area contributed by atoms with E-state index in [1.165, 1.54) is 34.6 Å². The van der Waals surface area contributed by atoms with E-state index in [2.05, 4.69) is 177 Å². The maximum absolute atomic E-state index is 8.82. The van der Waals surface area contributed by atoms with Gasteiger partial charge < -0.3 is 10.6 Å². The van der Waals surface area contributed by atoms with E-state index >= 15 is 0 Å². The van der Waals surface area contributed by atoms with E-state index in [4.69, 9.17) is 5.73 Å². The normalized spacial score (nSPS) is 35.4. The van der Waals surface area contributed by atoms with E-state index in [9.17, 15) is 0 Å². The Kier molecular flexibility index (Phi) is 10.4. The lowest BCUT2D eigenvalue weighted by molar-refractivity contribution is 0.257. The number of likely N-dealkylation sites (tertiary alicyclic amines) is 1. The first-order chi connectivity index (χ1) is 27.0. The summed E-state index contributed by atoms with van der Waals surface area (Å²) in [4.78, 5) is 2.72. The van der Waals surface area contributed by atoms with Gasteiger partial charge in [0.15, 0.2) is 0 Å². The van der Waals surface area contributed by atoms with Crippen LogP contribution in [0.5, 0.6) is 0 Å². The van der Waals surface area contributed by atoms with E-state index in [1.807, 2.05) is 6.08 Å². The van der Waals surface area contributed by atoms with Crippen LogP contribution in [0.25, 0.3) is 5.73 Å². The fourth-order valence-corrected chi connectivity index (χ4v) is 10.8. The molecule has 55 heavy (non-hydrogen) atoms. The minimum absolute atomic E-state index is 0.294. The van der Waals surface area contributed by atoms with Crippen LogP contribution in [0.2, 0.25) is 0 Å². The van der Waals surface area contributed by atoms with Crippen molar-refractivity contribution in [3.05, 3.63) is 209 Å². The van der Waals surface area contributed by atoms with Gasteiger partial charge in [-0.2, -0.15) is 0 Å². The largest absolute Gasteiger partial charge is 0.668 e. The molecule has 7 aliphatic carbocycles. The molecule has 1 fully saturated rings. The molecular formula is C53H57N2-. The molecule has 1 heterocycles. The molecule has 1 aliphatic heterocycles. The predicted molar refractivity (Wildman–Crippen MR) is 231 cm³/mol. The highest BCUT2D eigenvalue weighted by Gasteiger charge is 2.51. The van der Waals surface area contributed by atoms with Gasteiger partial charge in [0.1, 0.15) is 0 Å². The van der Waals surface area contributed by atoms with Crippen LogP contribution in [0.4, 0.5) is 0 Å². The van der Waals surface area contributed by atoms with Crippen LogP contribution in [0.1, 0.15) is 63.9 Å². The summed E-state index contributed by atoms with van der Waals surface area (Å²) in [5.74, 6) is 4.80. The van der Waals surface area contributed by atoms with Gasteiger partial charge in [-0.25, -0.2) is 0 Å². The summed E-state index contributed by atoms with van der Waals surface area (Å²) in [6.07, 6.45) is 58.6. The van der Waals surface area contributed by atoms with Crippen molar-refractivity contribution in [1.29, 1.82) is 0 Å². The lowest BCUT2D eigenvalue weighted by Gasteiger charge is -2.40. The second kappa shape index (κ2) is 15.8. The Labute approximate surface area is 330 Å². The summed E-state index contributed by atoms with van der Waals surface area (Å²) in [6.45, 7) is 4.51. The lowest BCUT2D eigenvalue weighted by atomic mass is 9.63. The number of fused-ring (bicyclic) bond motifs is 5. The lowest BCUT2D eigenvalue weighted by Crippen LogP contribution is -2.35. The van der Waals surface area contributed by atoms with Gasteiger partial charge >= 0.3 is 0 Å². The fraction of sp³-hybridized carbons (Fsp3) is 0.358. The molecule has 0 amide bonds. The van der Waals surface area contributed by atoms with E-state index in [0.717, 1.165) is 37.7 Å². The van der Waals surface area contributed by atoms with Crippen molar-refractivity contribution in [2.45, 2.75) is 64.3 Å². The number of allylic oxidation sites excluding steroid dienone is 25. The van der Waals surface area contributed by atoms with Gasteiger partial charge in [-0.05, 0) is 103 Å². The molecule has 1 aromatic rings. The third-order valence-electron chi connectivity index (χ3n) is 13.9. The molecule has 0 saturated carbocycles. The first-order valence-corrected chi connectivity index (χ1v) is 21.2. The number of nitrogens with one attached hydrogen (secondary N) is 1. The first-order valence-electron chi connectivity index (χ1n) is 21.2. The Morgan fingerprint density at radius 1 is 0.818 bits per heavy atom. The third-order valence-corrected chi connectivity index (χ3v) is 13.9. The van der Waals surface area contributed by atoms with Crippen molar-refractivity contribution in [1.82, 2.24) is 4.90 Å². The van der Waals surface area contributed by atoms with Crippen LogP contribution in [0, 0.1) is 53.3 Å². The molecule has 0 radical (unpaired) electrons. The van der Waals surface area contributed by atoms with Crippen molar-refractivity contribution in [3.63, 3.8) is 0 Å². The topological polar surface area (TPSA) is 27.0 Å². The van der Waals surface area contributed by atoms with Crippen LogP contribution in [-0.2, 0) is 0 Å². The van der Waals surface area contributed by atoms with E-state index in [-0.39, 0.29) is 6.04 Å². The van der Waals surface area contributed by atoms with E-state index < -0.39 is 0 Å². The van der Waals surface area contributed by atoms with Gasteiger partial charge in [0.2, 0.25) is 0 Å². The van der Waals surface area contributed by atoms with Gasteiger partial charge in [0.05, 0.1) is 0 Å². The smallest absolute Gasteiger partial charge is 0.0273 e. The zero-order valence-electron chi connectivity index (χ0n) is 32.6. The maximum atomic E-state index is 8.82. The van der Waals surface area contributed by atoms with Crippen LogP contribution in [-0.4, -0.2) is 10.9 Å². The molecule has 1 aromatic carbocycles. The van der Waals surface area contributed by atoms with Crippen LogP contribution >= 0.6 is 0 Å². The molecule has 11 unspecified atom stereocenters. The molecule has 11 atom stereocenters. The highest BCUT2D eigenvalue weighted by Crippen LogP contribution is 2.58. The summed E-state index contributed by atoms with van der Waals surface area (Å²) in [7, 11) is 0. The summed E-state index contributed by atoms with van der Waals surface area (Å²) in [5.41, 5.74) is 18.8. The Bertz CT molecular complexity index is 2060. The Balaban J connectivity index is 1.05. The fourth-order valence-electron chi connectivity index (χ4n) is 10.8. The van der Waals surface area contributed by atoms with Crippen molar-refractivity contribution >= 4 is 0 Å². The highest BCUT2D eigenvalue weighted by atomic mass is 15.2. The molecule has 0 spiro atoms. The second-order valence-corrected chi connectivity index (χ2v) is 17.3. The van der Waals surface area contributed by atoms with E-state index in [1.54, 1.807) is 5.57 Å². The molecule has 2 nitrogen and oxygen atoms in total. The van der Waals surface area contributed by atoms with Gasteiger partial charge in [-0.15, -0.1) is 0 Å². The Morgan fingerprint density at radius 3 is 2.47 bits per heavy atom. The summed E-state index contributed by atoms with van der Waals surface area (Å²) < 4.78 is 0. The van der Waals surface area contributed by atoms with Crippen molar-refractivity contribution in [2.24, 2.45) is 53.3 Å². The summed E-state index contributed by atoms with van der Waals surface area (Å²) in [5, 5.41) is 0. The van der Waals surface area contributed by atoms with Crippen LogP contribution < -0.4 is 0 Å². The molecule has 8 aliphatic rings. The highest BCUT2D eigenvalue weighted by molar-refractivity contribution is 5.52. The molecule has 1 N–H and O–H groups in total. The molecule has 0 bridgehead atoms. The van der Waals surface area contributed by atoms with Crippen molar-refractivity contribution < 1.29 is 0 Å². The monoisotopic (exact) mass is 721 g/mol. The Morgan fingerprint density at radius 2 is 1.67 bits per heavy atom. The van der Waals surface area contributed by atoms with Gasteiger partial charge in [-0.3, -0.25) is 0 Å². The molecule has 2 heteroatoms. The first kappa shape index (κ1) is 36.0. The minimum atomic E-state index is -0.336. The second-order valence-electron chi connectivity index (χ2n) is 17.3. The number of hydrogen-bond acceptors (Lipinski definition) is 1. The van der Waals surface area contributed by atoms with Crippen LogP contribution in [0.3, 0.4) is 0 Å². The van der Waals surface area contributed by atoms with Gasteiger partial charge in [0, 0.05) is 40.8 Å².